The van der Waals surface area contributed by atoms with Crippen molar-refractivity contribution in [2.75, 3.05) is 31.2 Å². The van der Waals surface area contributed by atoms with Gasteiger partial charge in [-0.25, -0.2) is 0 Å². The number of thiophene rings is 1. The van der Waals surface area contributed by atoms with Gasteiger partial charge in [-0.15, -0.1) is 11.3 Å². The highest BCUT2D eigenvalue weighted by Gasteiger charge is 2.37. The van der Waals surface area contributed by atoms with Gasteiger partial charge in [0.15, 0.2) is 5.78 Å². The third-order valence-corrected chi connectivity index (χ3v) is 6.74. The van der Waals surface area contributed by atoms with E-state index in [4.69, 9.17) is 4.74 Å². The van der Waals surface area contributed by atoms with Crippen LogP contribution in [-0.4, -0.2) is 43.2 Å². The van der Waals surface area contributed by atoms with Crippen LogP contribution in [0.25, 0.3) is 11.1 Å². The van der Waals surface area contributed by atoms with Crippen molar-refractivity contribution in [2.45, 2.75) is 33.1 Å². The number of Topliss-reactive ketones (excluding diaryl/α,β-unsaturated/α-hetero) is 1. The Labute approximate surface area is 168 Å². The molecule has 1 aliphatic carbocycles. The smallest absolute Gasteiger partial charge is 0.307 e. The summed E-state index contributed by atoms with van der Waals surface area (Å²) < 4.78 is 5.52. The quantitative estimate of drug-likeness (QED) is 0.841. The number of nitrogens with zero attached hydrogens (tertiary/aromatic N) is 1. The average Bonchev–Trinajstić information content (AvgIpc) is 3.00. The zero-order chi connectivity index (χ0) is 19.9. The van der Waals surface area contributed by atoms with E-state index in [1.165, 1.54) is 0 Å². The molecular weight excluding hydrogens is 374 g/mol. The molecule has 1 fully saturated rings. The molecule has 0 saturated carbocycles. The maximum atomic E-state index is 12.9. The standard InChI is InChI=1S/C22H25NO4S/c1-22(2)12-16-19(15-5-3-4-14(10-15)11-18(25)26)21(23-6-8-27-9-7-23)28-20(16)17(24)13-22/h3-5,10H,6-9,11-13H2,1-2H3,(H,25,26). The zero-order valence-electron chi connectivity index (χ0n) is 16.3. The van der Waals surface area contributed by atoms with E-state index in [2.05, 4.69) is 18.7 Å². The molecular formula is C22H25NO4S. The van der Waals surface area contributed by atoms with Crippen LogP contribution in [0.2, 0.25) is 0 Å². The Hall–Kier alpha value is -2.18. The lowest BCUT2D eigenvalue weighted by atomic mass is 9.75. The summed E-state index contributed by atoms with van der Waals surface area (Å²) in [6.07, 6.45) is 1.42. The van der Waals surface area contributed by atoms with E-state index < -0.39 is 5.97 Å². The first-order chi connectivity index (χ1) is 13.3. The molecule has 2 heterocycles. The second kappa shape index (κ2) is 7.33. The Bertz CT molecular complexity index is 925. The van der Waals surface area contributed by atoms with E-state index in [9.17, 15) is 14.7 Å². The van der Waals surface area contributed by atoms with Crippen LogP contribution < -0.4 is 4.90 Å². The zero-order valence-corrected chi connectivity index (χ0v) is 17.1. The number of ketones is 1. The highest BCUT2D eigenvalue weighted by Crippen LogP contribution is 2.49. The van der Waals surface area contributed by atoms with Crippen LogP contribution in [-0.2, 0) is 22.4 Å². The first kappa shape index (κ1) is 19.2. The summed E-state index contributed by atoms with van der Waals surface area (Å²) in [5, 5.41) is 10.3. The van der Waals surface area contributed by atoms with E-state index in [0.717, 1.165) is 51.6 Å². The predicted octanol–water partition coefficient (Wildman–Crippen LogP) is 4.03. The number of rotatable bonds is 4. The molecule has 2 aromatic rings. The van der Waals surface area contributed by atoms with Crippen molar-refractivity contribution in [3.8, 4) is 11.1 Å². The second-order valence-corrected chi connectivity index (χ2v) is 9.40. The normalized spacial score (nSPS) is 18.8. The lowest BCUT2D eigenvalue weighted by Gasteiger charge is -2.30. The lowest BCUT2D eigenvalue weighted by Crippen LogP contribution is -2.36. The molecule has 5 nitrogen and oxygen atoms in total. The lowest BCUT2D eigenvalue weighted by molar-refractivity contribution is -0.136. The number of carbonyl (C=O) groups is 2. The molecule has 1 aliphatic heterocycles. The summed E-state index contributed by atoms with van der Waals surface area (Å²) in [5.41, 5.74) is 3.94. The molecule has 0 amide bonds. The van der Waals surface area contributed by atoms with Crippen molar-refractivity contribution in [3.63, 3.8) is 0 Å². The Balaban J connectivity index is 1.87. The highest BCUT2D eigenvalue weighted by atomic mass is 32.1. The summed E-state index contributed by atoms with van der Waals surface area (Å²) in [6, 6.07) is 7.76. The van der Waals surface area contributed by atoms with Gasteiger partial charge in [0.2, 0.25) is 0 Å². The van der Waals surface area contributed by atoms with Crippen molar-refractivity contribution in [2.24, 2.45) is 5.41 Å². The third kappa shape index (κ3) is 3.71. The molecule has 0 unspecified atom stereocenters. The van der Waals surface area contributed by atoms with Crippen LogP contribution in [0.4, 0.5) is 5.00 Å². The number of morpholine rings is 1. The fourth-order valence-electron chi connectivity index (χ4n) is 4.20. The summed E-state index contributed by atoms with van der Waals surface area (Å²) in [4.78, 5) is 27.2. The molecule has 1 aromatic heterocycles. The Morgan fingerprint density at radius 2 is 2.00 bits per heavy atom. The van der Waals surface area contributed by atoms with Crippen molar-refractivity contribution in [1.29, 1.82) is 0 Å². The van der Waals surface area contributed by atoms with Gasteiger partial charge in [0.1, 0.15) is 0 Å². The second-order valence-electron chi connectivity index (χ2n) is 8.40. The Kier molecular flexibility index (Phi) is 5.02. The predicted molar refractivity (Wildman–Crippen MR) is 111 cm³/mol. The van der Waals surface area contributed by atoms with Crippen molar-refractivity contribution >= 4 is 28.1 Å². The summed E-state index contributed by atoms with van der Waals surface area (Å²) >= 11 is 1.60. The number of hydrogen-bond donors (Lipinski definition) is 1. The van der Waals surface area contributed by atoms with E-state index in [-0.39, 0.29) is 17.6 Å². The van der Waals surface area contributed by atoms with E-state index in [1.54, 1.807) is 11.3 Å². The Morgan fingerprint density at radius 3 is 2.71 bits per heavy atom. The number of carboxylic acid groups (broad SMARTS) is 1. The minimum atomic E-state index is -0.839. The summed E-state index contributed by atoms with van der Waals surface area (Å²) in [6.45, 7) is 7.26. The van der Waals surface area contributed by atoms with Crippen LogP contribution in [0, 0.1) is 5.41 Å². The molecule has 2 aliphatic rings. The fourth-order valence-corrected chi connectivity index (χ4v) is 5.53. The first-order valence-electron chi connectivity index (χ1n) is 9.67. The van der Waals surface area contributed by atoms with E-state index >= 15 is 0 Å². The molecule has 0 spiro atoms. The number of carbonyl (C=O) groups excluding carboxylic acids is 1. The van der Waals surface area contributed by atoms with Gasteiger partial charge in [-0.1, -0.05) is 38.1 Å². The van der Waals surface area contributed by atoms with Crippen LogP contribution >= 0.6 is 11.3 Å². The maximum Gasteiger partial charge on any atom is 0.307 e. The van der Waals surface area contributed by atoms with Gasteiger partial charge in [0, 0.05) is 25.1 Å². The van der Waals surface area contributed by atoms with Gasteiger partial charge in [-0.3, -0.25) is 9.59 Å². The topological polar surface area (TPSA) is 66.8 Å². The molecule has 6 heteroatoms. The van der Waals surface area contributed by atoms with Crippen molar-refractivity contribution in [1.82, 2.24) is 0 Å². The summed E-state index contributed by atoms with van der Waals surface area (Å²) in [5.74, 6) is -0.618. The number of ether oxygens (including phenoxy) is 1. The molecule has 0 radical (unpaired) electrons. The molecule has 1 saturated heterocycles. The van der Waals surface area contributed by atoms with E-state index in [0.29, 0.717) is 19.6 Å². The van der Waals surface area contributed by atoms with Gasteiger partial charge in [0.25, 0.3) is 0 Å². The van der Waals surface area contributed by atoms with Crippen molar-refractivity contribution in [3.05, 3.63) is 40.3 Å². The third-order valence-electron chi connectivity index (χ3n) is 5.41. The molecule has 0 atom stereocenters. The minimum Gasteiger partial charge on any atom is -0.481 e. The van der Waals surface area contributed by atoms with Gasteiger partial charge in [0.05, 0.1) is 29.5 Å². The van der Waals surface area contributed by atoms with Gasteiger partial charge in [-0.05, 0) is 28.5 Å². The fraction of sp³-hybridized carbons (Fsp3) is 0.455. The molecule has 1 N–H and O–H groups in total. The van der Waals surface area contributed by atoms with Crippen molar-refractivity contribution < 1.29 is 19.4 Å². The number of benzene rings is 1. The minimum absolute atomic E-state index is 0.00250. The molecule has 28 heavy (non-hydrogen) atoms. The highest BCUT2D eigenvalue weighted by molar-refractivity contribution is 7.19. The average molecular weight is 400 g/mol. The number of hydrogen-bond acceptors (Lipinski definition) is 5. The molecule has 4 rings (SSSR count). The maximum absolute atomic E-state index is 12.9. The van der Waals surface area contributed by atoms with Crippen LogP contribution in [0.1, 0.15) is 41.1 Å². The molecule has 1 aromatic carbocycles. The molecule has 148 valence electrons. The number of carboxylic acids is 1. The monoisotopic (exact) mass is 399 g/mol. The Morgan fingerprint density at radius 1 is 1.25 bits per heavy atom. The number of aliphatic carboxylic acids is 1. The SMILES string of the molecule is CC1(C)CC(=O)c2sc(N3CCOCC3)c(-c3cccc(CC(=O)O)c3)c2C1. The number of fused-ring (bicyclic) bond motifs is 1. The van der Waals surface area contributed by atoms with Crippen LogP contribution in [0.15, 0.2) is 24.3 Å². The largest absolute Gasteiger partial charge is 0.481 e. The van der Waals surface area contributed by atoms with Gasteiger partial charge < -0.3 is 14.7 Å². The van der Waals surface area contributed by atoms with Gasteiger partial charge in [-0.2, -0.15) is 0 Å². The van der Waals surface area contributed by atoms with E-state index in [1.807, 2.05) is 24.3 Å². The first-order valence-corrected chi connectivity index (χ1v) is 10.5. The van der Waals surface area contributed by atoms with Crippen LogP contribution in [0.3, 0.4) is 0 Å². The number of anilines is 1. The summed E-state index contributed by atoms with van der Waals surface area (Å²) in [7, 11) is 0. The molecule has 0 bridgehead atoms. The van der Waals surface area contributed by atoms with Gasteiger partial charge >= 0.3 is 5.97 Å². The van der Waals surface area contributed by atoms with Crippen LogP contribution in [0.5, 0.6) is 0 Å².